The maximum Gasteiger partial charge on any atom is 0.407 e. The third kappa shape index (κ3) is 3.55. The number of rotatable bonds is 5. The first kappa shape index (κ1) is 12.5. The zero-order valence-electron chi connectivity index (χ0n) is 9.47. The van der Waals surface area contributed by atoms with Crippen molar-refractivity contribution in [1.82, 2.24) is 4.90 Å². The Balaban J connectivity index is 2.69. The van der Waals surface area contributed by atoms with Crippen molar-refractivity contribution >= 4 is 6.09 Å². The lowest BCUT2D eigenvalue weighted by Crippen LogP contribution is -2.38. The normalized spacial score (nSPS) is 12.1. The standard InChI is InChI=1S/C12H18N2O2/c1-10(7-8-13)14(12(15)16)9-11-5-3-2-4-6-11/h2-6,10H,7-9,13H2,1H3,(H,15,16)/t10-/m1/s1. The lowest BCUT2D eigenvalue weighted by molar-refractivity contribution is 0.122. The van der Waals surface area contributed by atoms with Crippen LogP contribution in [-0.4, -0.2) is 28.7 Å². The Morgan fingerprint density at radius 3 is 2.56 bits per heavy atom. The molecule has 16 heavy (non-hydrogen) atoms. The molecule has 0 aromatic heterocycles. The molecule has 0 heterocycles. The van der Waals surface area contributed by atoms with Gasteiger partial charge in [-0.2, -0.15) is 0 Å². The Morgan fingerprint density at radius 2 is 2.06 bits per heavy atom. The number of carbonyl (C=O) groups is 1. The molecule has 1 aromatic carbocycles. The van der Waals surface area contributed by atoms with Gasteiger partial charge in [0.05, 0.1) is 0 Å². The molecule has 0 bridgehead atoms. The Hall–Kier alpha value is -1.55. The lowest BCUT2D eigenvalue weighted by Gasteiger charge is -2.26. The van der Waals surface area contributed by atoms with Gasteiger partial charge in [-0.1, -0.05) is 30.3 Å². The summed E-state index contributed by atoms with van der Waals surface area (Å²) < 4.78 is 0. The third-order valence-corrected chi connectivity index (χ3v) is 2.56. The van der Waals surface area contributed by atoms with E-state index in [4.69, 9.17) is 10.8 Å². The summed E-state index contributed by atoms with van der Waals surface area (Å²) in [6.45, 7) is 2.79. The average Bonchev–Trinajstić information content (AvgIpc) is 2.27. The van der Waals surface area contributed by atoms with E-state index < -0.39 is 6.09 Å². The molecular weight excluding hydrogens is 204 g/mol. The van der Waals surface area contributed by atoms with Gasteiger partial charge in [-0.25, -0.2) is 4.79 Å². The van der Waals surface area contributed by atoms with Crippen LogP contribution in [0, 0.1) is 0 Å². The minimum absolute atomic E-state index is 0.0530. The van der Waals surface area contributed by atoms with Gasteiger partial charge in [0.15, 0.2) is 0 Å². The van der Waals surface area contributed by atoms with Gasteiger partial charge in [0.1, 0.15) is 0 Å². The molecule has 0 aliphatic heterocycles. The van der Waals surface area contributed by atoms with Crippen LogP contribution in [0.3, 0.4) is 0 Å². The number of amides is 1. The van der Waals surface area contributed by atoms with E-state index in [-0.39, 0.29) is 6.04 Å². The van der Waals surface area contributed by atoms with E-state index in [0.29, 0.717) is 19.5 Å². The van der Waals surface area contributed by atoms with Crippen LogP contribution >= 0.6 is 0 Å². The molecule has 0 aliphatic rings. The van der Waals surface area contributed by atoms with E-state index >= 15 is 0 Å². The average molecular weight is 222 g/mol. The highest BCUT2D eigenvalue weighted by atomic mass is 16.4. The zero-order chi connectivity index (χ0) is 12.0. The van der Waals surface area contributed by atoms with E-state index in [9.17, 15) is 4.79 Å². The number of carboxylic acid groups (broad SMARTS) is 1. The van der Waals surface area contributed by atoms with Crippen LogP contribution in [0.5, 0.6) is 0 Å². The number of nitrogens with zero attached hydrogens (tertiary/aromatic N) is 1. The molecule has 88 valence electrons. The third-order valence-electron chi connectivity index (χ3n) is 2.56. The summed E-state index contributed by atoms with van der Waals surface area (Å²) in [5, 5.41) is 9.12. The molecular formula is C12H18N2O2. The topological polar surface area (TPSA) is 66.6 Å². The van der Waals surface area contributed by atoms with Crippen molar-refractivity contribution in [3.63, 3.8) is 0 Å². The second kappa shape index (κ2) is 6.12. The zero-order valence-corrected chi connectivity index (χ0v) is 9.47. The fourth-order valence-electron chi connectivity index (χ4n) is 1.59. The molecule has 4 heteroatoms. The summed E-state index contributed by atoms with van der Waals surface area (Å²) in [5.41, 5.74) is 6.44. The van der Waals surface area contributed by atoms with Gasteiger partial charge < -0.3 is 15.7 Å². The van der Waals surface area contributed by atoms with Crippen LogP contribution in [-0.2, 0) is 6.54 Å². The van der Waals surface area contributed by atoms with E-state index in [1.807, 2.05) is 37.3 Å². The Labute approximate surface area is 95.7 Å². The fourth-order valence-corrected chi connectivity index (χ4v) is 1.59. The largest absolute Gasteiger partial charge is 0.465 e. The summed E-state index contributed by atoms with van der Waals surface area (Å²) in [4.78, 5) is 12.5. The SMILES string of the molecule is C[C@H](CCN)N(Cc1ccccc1)C(=O)O. The summed E-state index contributed by atoms with van der Waals surface area (Å²) >= 11 is 0. The molecule has 1 amide bonds. The minimum Gasteiger partial charge on any atom is -0.465 e. The molecule has 0 saturated carbocycles. The van der Waals surface area contributed by atoms with E-state index in [1.165, 1.54) is 4.90 Å². The van der Waals surface area contributed by atoms with Crippen molar-refractivity contribution in [1.29, 1.82) is 0 Å². The van der Waals surface area contributed by atoms with Crippen molar-refractivity contribution < 1.29 is 9.90 Å². The second-order valence-corrected chi connectivity index (χ2v) is 3.82. The van der Waals surface area contributed by atoms with Gasteiger partial charge in [0.2, 0.25) is 0 Å². The highest BCUT2D eigenvalue weighted by molar-refractivity contribution is 5.65. The van der Waals surface area contributed by atoms with Gasteiger partial charge in [-0.05, 0) is 25.5 Å². The van der Waals surface area contributed by atoms with E-state index in [2.05, 4.69) is 0 Å². The Morgan fingerprint density at radius 1 is 1.44 bits per heavy atom. The summed E-state index contributed by atoms with van der Waals surface area (Å²) in [6.07, 6.45) is -0.219. The molecule has 1 rings (SSSR count). The van der Waals surface area contributed by atoms with E-state index in [1.54, 1.807) is 0 Å². The Bertz CT molecular complexity index is 327. The van der Waals surface area contributed by atoms with Gasteiger partial charge in [0.25, 0.3) is 0 Å². The Kier molecular flexibility index (Phi) is 4.79. The first-order chi connectivity index (χ1) is 7.65. The molecule has 4 nitrogen and oxygen atoms in total. The molecule has 3 N–H and O–H groups in total. The highest BCUT2D eigenvalue weighted by Gasteiger charge is 2.18. The van der Waals surface area contributed by atoms with Crippen molar-refractivity contribution in [3.05, 3.63) is 35.9 Å². The van der Waals surface area contributed by atoms with E-state index in [0.717, 1.165) is 5.56 Å². The van der Waals surface area contributed by atoms with Crippen molar-refractivity contribution in [2.45, 2.75) is 25.9 Å². The van der Waals surface area contributed by atoms with Gasteiger partial charge >= 0.3 is 6.09 Å². The summed E-state index contributed by atoms with van der Waals surface area (Å²) in [7, 11) is 0. The quantitative estimate of drug-likeness (QED) is 0.799. The molecule has 0 unspecified atom stereocenters. The minimum atomic E-state index is -0.898. The van der Waals surface area contributed by atoms with Crippen molar-refractivity contribution in [2.24, 2.45) is 5.73 Å². The highest BCUT2D eigenvalue weighted by Crippen LogP contribution is 2.10. The predicted molar refractivity (Wildman–Crippen MR) is 63.1 cm³/mol. The molecule has 0 spiro atoms. The molecule has 0 fully saturated rings. The van der Waals surface area contributed by atoms with Crippen LogP contribution in [0.15, 0.2) is 30.3 Å². The van der Waals surface area contributed by atoms with Gasteiger partial charge in [-0.15, -0.1) is 0 Å². The van der Waals surface area contributed by atoms with Crippen LogP contribution in [0.4, 0.5) is 4.79 Å². The molecule has 0 radical (unpaired) electrons. The first-order valence-corrected chi connectivity index (χ1v) is 5.38. The molecule has 0 saturated heterocycles. The molecule has 0 aliphatic carbocycles. The number of nitrogens with two attached hydrogens (primary N) is 1. The van der Waals surface area contributed by atoms with Crippen molar-refractivity contribution in [2.75, 3.05) is 6.54 Å². The van der Waals surface area contributed by atoms with Crippen LogP contribution in [0.1, 0.15) is 18.9 Å². The smallest absolute Gasteiger partial charge is 0.407 e. The fraction of sp³-hybridized carbons (Fsp3) is 0.417. The maximum absolute atomic E-state index is 11.1. The van der Waals surface area contributed by atoms with Crippen LogP contribution in [0.2, 0.25) is 0 Å². The maximum atomic E-state index is 11.1. The number of hydrogen-bond donors (Lipinski definition) is 2. The molecule has 1 atom stereocenters. The van der Waals surface area contributed by atoms with Crippen molar-refractivity contribution in [3.8, 4) is 0 Å². The number of hydrogen-bond acceptors (Lipinski definition) is 2. The van der Waals surface area contributed by atoms with Gasteiger partial charge in [-0.3, -0.25) is 0 Å². The number of benzene rings is 1. The monoisotopic (exact) mass is 222 g/mol. The molecule has 1 aromatic rings. The summed E-state index contributed by atoms with van der Waals surface area (Å²) in [6, 6.07) is 9.52. The van der Waals surface area contributed by atoms with Gasteiger partial charge in [0, 0.05) is 12.6 Å². The summed E-state index contributed by atoms with van der Waals surface area (Å²) in [5.74, 6) is 0. The van der Waals surface area contributed by atoms with Crippen LogP contribution in [0.25, 0.3) is 0 Å². The predicted octanol–water partition coefficient (Wildman–Crippen LogP) is 1.90. The first-order valence-electron chi connectivity index (χ1n) is 5.38. The van der Waals surface area contributed by atoms with Crippen LogP contribution < -0.4 is 5.73 Å². The second-order valence-electron chi connectivity index (χ2n) is 3.82. The lowest BCUT2D eigenvalue weighted by atomic mass is 10.1.